The molecule has 0 radical (unpaired) electrons. The first kappa shape index (κ1) is 42.3. The second-order valence-corrected chi connectivity index (χ2v) is 19.9. The van der Waals surface area contributed by atoms with Gasteiger partial charge in [0.25, 0.3) is 5.91 Å². The molecule has 5 atom stereocenters. The fourth-order valence-corrected chi connectivity index (χ4v) is 10.1. The lowest BCUT2D eigenvalue weighted by Crippen LogP contribution is -2.60. The maximum absolute atomic E-state index is 14.8. The number of hydrogen-bond acceptors (Lipinski definition) is 11. The van der Waals surface area contributed by atoms with Crippen molar-refractivity contribution in [2.24, 2.45) is 11.3 Å². The van der Waals surface area contributed by atoms with Crippen LogP contribution >= 0.6 is 11.6 Å². The van der Waals surface area contributed by atoms with Crippen molar-refractivity contribution in [1.29, 1.82) is 0 Å². The van der Waals surface area contributed by atoms with E-state index >= 15 is 0 Å². The highest BCUT2D eigenvalue weighted by Gasteiger charge is 2.62. The Morgan fingerprint density at radius 3 is 2.39 bits per heavy atom. The molecule has 3 saturated carbocycles. The van der Waals surface area contributed by atoms with Gasteiger partial charge in [-0.2, -0.15) is 0 Å². The van der Waals surface area contributed by atoms with Gasteiger partial charge in [0.1, 0.15) is 46.7 Å². The van der Waals surface area contributed by atoms with Crippen molar-refractivity contribution in [3.8, 4) is 22.8 Å². The number of benzene rings is 2. The van der Waals surface area contributed by atoms with E-state index in [4.69, 9.17) is 35.2 Å². The quantitative estimate of drug-likeness (QED) is 0.126. The number of likely N-dealkylation sites (tertiary alicyclic amines) is 1. The Morgan fingerprint density at radius 1 is 1.03 bits per heavy atom. The Labute approximate surface area is 358 Å². The molecular weight excluding hydrogens is 826 g/mol. The highest BCUT2D eigenvalue weighted by Crippen LogP contribution is 2.46. The number of furan rings is 1. The van der Waals surface area contributed by atoms with Crippen LogP contribution in [0, 0.1) is 11.3 Å². The number of pyridine rings is 1. The molecule has 324 valence electrons. The molecule has 3 heterocycles. The van der Waals surface area contributed by atoms with Crippen molar-refractivity contribution < 1.29 is 46.2 Å². The lowest BCUT2D eigenvalue weighted by Gasteiger charge is -2.35. The molecule has 4 aliphatic rings. The molecule has 2 aromatic heterocycles. The fraction of sp³-hybridized carbons (Fsp3) is 0.477. The summed E-state index contributed by atoms with van der Waals surface area (Å²) in [5.74, 6) is -1.99. The maximum atomic E-state index is 14.8. The number of alkyl carbamates (subject to hydrolysis) is 1. The lowest BCUT2D eigenvalue weighted by molar-refractivity contribution is -0.143. The molecule has 15 nitrogen and oxygen atoms in total. The molecule has 3 aliphatic carbocycles. The van der Waals surface area contributed by atoms with Crippen molar-refractivity contribution >= 4 is 67.5 Å². The van der Waals surface area contributed by atoms with Gasteiger partial charge < -0.3 is 34.2 Å². The molecule has 5 unspecified atom stereocenters. The van der Waals surface area contributed by atoms with Gasteiger partial charge in [-0.25, -0.2) is 18.2 Å². The van der Waals surface area contributed by atoms with Crippen LogP contribution in [0.3, 0.4) is 0 Å². The number of aromatic nitrogens is 1. The van der Waals surface area contributed by atoms with E-state index in [1.165, 1.54) is 18.1 Å². The van der Waals surface area contributed by atoms with Crippen LogP contribution in [0.15, 0.2) is 65.6 Å². The van der Waals surface area contributed by atoms with E-state index in [9.17, 15) is 27.6 Å². The zero-order chi connectivity index (χ0) is 43.4. The number of hydrogen-bond donors (Lipinski definition) is 3. The van der Waals surface area contributed by atoms with Gasteiger partial charge in [0.15, 0.2) is 11.3 Å². The summed E-state index contributed by atoms with van der Waals surface area (Å²) in [4.78, 5) is 62.7. The van der Waals surface area contributed by atoms with E-state index in [0.29, 0.717) is 45.8 Å². The highest BCUT2D eigenvalue weighted by atomic mass is 35.5. The summed E-state index contributed by atoms with van der Waals surface area (Å²) in [6.07, 6.45) is 3.98. The first-order chi connectivity index (χ1) is 29.0. The van der Waals surface area contributed by atoms with Gasteiger partial charge in [-0.15, -0.1) is 6.58 Å². The number of sulfonamides is 1. The van der Waals surface area contributed by atoms with Crippen LogP contribution in [0.1, 0.15) is 72.1 Å². The second kappa shape index (κ2) is 16.2. The van der Waals surface area contributed by atoms with Crippen LogP contribution in [0.5, 0.6) is 11.5 Å². The van der Waals surface area contributed by atoms with Crippen molar-refractivity contribution in [2.45, 2.75) is 107 Å². The molecule has 1 aliphatic heterocycles. The Hall–Kier alpha value is -5.35. The molecule has 1 saturated heterocycles. The van der Waals surface area contributed by atoms with Gasteiger partial charge in [-0.1, -0.05) is 68.8 Å². The third kappa shape index (κ3) is 8.36. The van der Waals surface area contributed by atoms with Gasteiger partial charge in [0, 0.05) is 24.0 Å². The minimum atomic E-state index is -3.94. The number of amides is 4. The monoisotopic (exact) mass is 875 g/mol. The lowest BCUT2D eigenvalue weighted by atomic mass is 9.85. The fourth-order valence-electron chi connectivity index (χ4n) is 8.43. The summed E-state index contributed by atoms with van der Waals surface area (Å²) in [5.41, 5.74) is -0.00447. The summed E-state index contributed by atoms with van der Waals surface area (Å²) < 4.78 is 52.1. The van der Waals surface area contributed by atoms with Gasteiger partial charge in [-0.3, -0.25) is 19.1 Å². The zero-order valence-electron chi connectivity index (χ0n) is 34.5. The Kier molecular flexibility index (Phi) is 11.2. The van der Waals surface area contributed by atoms with Crippen LogP contribution in [0.25, 0.3) is 33.3 Å². The molecule has 2 aromatic carbocycles. The van der Waals surface area contributed by atoms with Crippen molar-refractivity contribution in [3.63, 3.8) is 0 Å². The molecule has 4 amide bonds. The number of fused-ring (bicyclic) bond motifs is 3. The average molecular weight is 876 g/mol. The third-order valence-electron chi connectivity index (χ3n) is 12.1. The van der Waals surface area contributed by atoms with E-state index in [1.807, 2.05) is 30.3 Å². The van der Waals surface area contributed by atoms with Crippen LogP contribution < -0.4 is 24.8 Å². The number of halogens is 1. The first-order valence-corrected chi connectivity index (χ1v) is 22.6. The number of nitrogens with one attached hydrogen (secondary N) is 3. The van der Waals surface area contributed by atoms with Gasteiger partial charge in [0.05, 0.1) is 35.0 Å². The Balaban J connectivity index is 1.15. The first-order valence-electron chi connectivity index (χ1n) is 20.6. The highest BCUT2D eigenvalue weighted by molar-refractivity contribution is 7.91. The Bertz CT molecular complexity index is 2510. The molecule has 61 heavy (non-hydrogen) atoms. The molecule has 4 fully saturated rings. The summed E-state index contributed by atoms with van der Waals surface area (Å²) in [6, 6.07) is 12.2. The van der Waals surface area contributed by atoms with E-state index in [0.717, 1.165) is 31.2 Å². The average Bonchev–Trinajstić information content (AvgIpc) is 4.04. The van der Waals surface area contributed by atoms with Crippen molar-refractivity contribution in [1.82, 2.24) is 25.2 Å². The normalized spacial score (nSPS) is 23.4. The van der Waals surface area contributed by atoms with Crippen LogP contribution in [0.2, 0.25) is 5.02 Å². The van der Waals surface area contributed by atoms with E-state index in [-0.39, 0.29) is 36.8 Å². The van der Waals surface area contributed by atoms with Crippen LogP contribution in [-0.4, -0.2) is 90.9 Å². The van der Waals surface area contributed by atoms with Crippen molar-refractivity contribution in [2.75, 3.05) is 13.7 Å². The summed E-state index contributed by atoms with van der Waals surface area (Å²) in [6.45, 7) is 9.08. The molecule has 4 aromatic rings. The topological polar surface area (TPSA) is 195 Å². The zero-order valence-corrected chi connectivity index (χ0v) is 36.1. The molecule has 0 bridgehead atoms. The maximum Gasteiger partial charge on any atom is 0.408 e. The number of nitrogens with zero attached hydrogens (tertiary/aromatic N) is 2. The van der Waals surface area contributed by atoms with E-state index < -0.39 is 74.1 Å². The minimum Gasteiger partial charge on any atom is -0.495 e. The number of carbonyl (C=O) groups excluding carboxylic acids is 4. The molecule has 0 spiro atoms. The summed E-state index contributed by atoms with van der Waals surface area (Å²) >= 11 is 6.83. The molecule has 8 rings (SSSR count). The molecular formula is C44H50ClN5O10S. The second-order valence-electron chi connectivity index (χ2n) is 17.5. The van der Waals surface area contributed by atoms with Gasteiger partial charge in [0.2, 0.25) is 21.8 Å². The summed E-state index contributed by atoms with van der Waals surface area (Å²) in [7, 11) is -2.43. The van der Waals surface area contributed by atoms with Crippen LogP contribution in [-0.2, 0) is 29.1 Å². The summed E-state index contributed by atoms with van der Waals surface area (Å²) in [5, 5.41) is 5.75. The minimum absolute atomic E-state index is 0.0446. The predicted molar refractivity (Wildman–Crippen MR) is 227 cm³/mol. The van der Waals surface area contributed by atoms with Gasteiger partial charge >= 0.3 is 6.09 Å². The van der Waals surface area contributed by atoms with Crippen molar-refractivity contribution in [3.05, 3.63) is 66.2 Å². The number of ether oxygens (including phenoxy) is 3. The number of rotatable bonds is 13. The number of methoxy groups -OCH3 is 1. The van der Waals surface area contributed by atoms with Crippen LogP contribution in [0.4, 0.5) is 4.79 Å². The standard InChI is InChI=1S/C44H50ClN5O10S/c1-6-25-22-44(25,41(53)49-61(55,56)28-16-17-28)48-39(51)30-20-27(23-50(30)40(52)38(43(2,3)4)47-42(54)59-26-14-10-11-15-26)58-33-21-29(24-12-8-7-9-13-24)46-36-34-31(60-37(33)36)18-19-32(57-5)35(34)45/h6-9,12-13,18-19,21,25-28,30,38H,1,10-11,14-17,20,22-23H2,2-5H3,(H,47,54)(H,48,51)(H,49,53). The molecule has 3 N–H and O–H groups in total. The smallest absolute Gasteiger partial charge is 0.408 e. The van der Waals surface area contributed by atoms with Gasteiger partial charge in [-0.05, 0) is 62.5 Å². The predicted octanol–water partition coefficient (Wildman–Crippen LogP) is 6.41. The number of carbonyl (C=O) groups is 4. The Morgan fingerprint density at radius 2 is 1.75 bits per heavy atom. The van der Waals surface area contributed by atoms with E-state index in [1.54, 1.807) is 39.0 Å². The molecule has 17 heteroatoms. The third-order valence-corrected chi connectivity index (χ3v) is 14.3. The van der Waals surface area contributed by atoms with E-state index in [2.05, 4.69) is 21.9 Å². The largest absolute Gasteiger partial charge is 0.495 e. The SMILES string of the molecule is C=CC1CC1(NC(=O)C1CC(Oc2cc(-c3ccccc3)nc3c2oc2ccc(OC)c(Cl)c23)CN1C(=O)C(NC(=O)OC1CCCC1)C(C)(C)C)C(=O)NS(=O)(=O)C1CC1.